The van der Waals surface area contributed by atoms with Crippen LogP contribution in [0.25, 0.3) is 16.7 Å². The van der Waals surface area contributed by atoms with Crippen molar-refractivity contribution in [2.45, 2.75) is 57.7 Å². The molecule has 0 aliphatic heterocycles. The molecular weight excluding hydrogens is 570 g/mol. The van der Waals surface area contributed by atoms with Crippen LogP contribution in [0.4, 0.5) is 8.78 Å². The zero-order valence-corrected chi connectivity index (χ0v) is 23.4. The van der Waals surface area contributed by atoms with Crippen molar-refractivity contribution in [2.24, 2.45) is 11.7 Å². The van der Waals surface area contributed by atoms with Gasteiger partial charge in [0.05, 0.1) is 33.5 Å². The van der Waals surface area contributed by atoms with E-state index in [0.717, 1.165) is 30.1 Å². The lowest BCUT2D eigenvalue weighted by Gasteiger charge is -2.29. The fourth-order valence-electron chi connectivity index (χ4n) is 5.26. The summed E-state index contributed by atoms with van der Waals surface area (Å²) in [6.45, 7) is 2.00. The van der Waals surface area contributed by atoms with Crippen molar-refractivity contribution in [1.82, 2.24) is 24.4 Å². The van der Waals surface area contributed by atoms with Gasteiger partial charge in [-0.05, 0) is 62.8 Å². The highest BCUT2D eigenvalue weighted by atomic mass is 35.5. The van der Waals surface area contributed by atoms with Gasteiger partial charge in [-0.2, -0.15) is 0 Å². The van der Waals surface area contributed by atoms with Gasteiger partial charge in [0.15, 0.2) is 6.10 Å². The molecule has 0 saturated heterocycles. The molecule has 1 aliphatic rings. The van der Waals surface area contributed by atoms with Gasteiger partial charge in [-0.15, -0.1) is 0 Å². The molecule has 3 heterocycles. The second-order valence-corrected chi connectivity index (χ2v) is 10.7. The summed E-state index contributed by atoms with van der Waals surface area (Å²) >= 11 is 5.89. The van der Waals surface area contributed by atoms with E-state index in [-0.39, 0.29) is 34.1 Å². The smallest absolute Gasteiger partial charge is 0.333 e. The van der Waals surface area contributed by atoms with Gasteiger partial charge in [0, 0.05) is 24.8 Å². The van der Waals surface area contributed by atoms with Gasteiger partial charge in [0.25, 0.3) is 18.2 Å². The minimum absolute atomic E-state index is 0.107. The van der Waals surface area contributed by atoms with E-state index in [1.54, 1.807) is 21.3 Å². The van der Waals surface area contributed by atoms with E-state index in [1.807, 2.05) is 24.3 Å². The zero-order valence-electron chi connectivity index (χ0n) is 22.7. The molecule has 5 rings (SSSR count). The van der Waals surface area contributed by atoms with Crippen LogP contribution in [-0.4, -0.2) is 43.1 Å². The number of hydrogen-bond donors (Lipinski definition) is 2. The summed E-state index contributed by atoms with van der Waals surface area (Å²) in [6, 6.07) is 11.7. The molecule has 220 valence electrons. The van der Waals surface area contributed by atoms with E-state index < -0.39 is 30.0 Å². The quantitative estimate of drug-likeness (QED) is 0.293. The van der Waals surface area contributed by atoms with Crippen molar-refractivity contribution in [3.8, 4) is 11.6 Å². The molecule has 0 spiro atoms. The van der Waals surface area contributed by atoms with Gasteiger partial charge in [-0.3, -0.25) is 23.7 Å². The van der Waals surface area contributed by atoms with E-state index in [9.17, 15) is 23.2 Å². The summed E-state index contributed by atoms with van der Waals surface area (Å²) in [6.07, 6.45) is 1.59. The molecule has 13 heteroatoms. The number of ether oxygens (including phenoxy) is 1. The first-order valence-corrected chi connectivity index (χ1v) is 13.9. The third-order valence-electron chi connectivity index (χ3n) is 7.47. The molecule has 4 aromatic rings. The lowest BCUT2D eigenvalue weighted by molar-refractivity contribution is -0.124. The Kier molecular flexibility index (Phi) is 8.53. The van der Waals surface area contributed by atoms with Crippen LogP contribution in [-0.2, 0) is 11.3 Å². The Balaban J connectivity index is 1.29. The summed E-state index contributed by atoms with van der Waals surface area (Å²) in [5.74, 6) is -0.862. The maximum atomic E-state index is 13.7. The number of benzene rings is 1. The fourth-order valence-corrected chi connectivity index (χ4v) is 5.42. The number of rotatable bonds is 9. The first-order chi connectivity index (χ1) is 20.1. The van der Waals surface area contributed by atoms with Crippen molar-refractivity contribution < 1.29 is 23.1 Å². The Morgan fingerprint density at radius 1 is 1.10 bits per heavy atom. The number of imidazole rings is 1. The summed E-state index contributed by atoms with van der Waals surface area (Å²) in [7, 11) is 0. The number of alkyl halides is 2. The number of aromatic nitrogens is 4. The first kappa shape index (κ1) is 29.2. The predicted molar refractivity (Wildman–Crippen MR) is 152 cm³/mol. The molecule has 0 bridgehead atoms. The molecule has 0 radical (unpaired) electrons. The van der Waals surface area contributed by atoms with Gasteiger partial charge in [-0.25, -0.2) is 18.6 Å². The van der Waals surface area contributed by atoms with Crippen LogP contribution in [0.15, 0.2) is 59.7 Å². The average molecular weight is 599 g/mol. The summed E-state index contributed by atoms with van der Waals surface area (Å²) in [5.41, 5.74) is 6.23. The van der Waals surface area contributed by atoms with E-state index in [2.05, 4.69) is 15.3 Å². The summed E-state index contributed by atoms with van der Waals surface area (Å²) in [4.78, 5) is 45.6. The van der Waals surface area contributed by atoms with Crippen molar-refractivity contribution in [3.63, 3.8) is 0 Å². The standard InChI is InChI=1S/C29H29ClF2N6O4/c1-16(27(33)39)42-24-11-10-20(14-34-24)38-23-5-3-2-4-22(23)37(29(38)41)15-17-6-8-19(9-7-17)36-28(40)21-12-18(30)13-35-25(21)26(31)32/h2-5,10-14,16-17,19,26H,6-9,15H2,1H3,(H2,33,39)(H,36,40). The van der Waals surface area contributed by atoms with E-state index in [1.165, 1.54) is 19.2 Å². The molecule has 1 aliphatic carbocycles. The first-order valence-electron chi connectivity index (χ1n) is 13.5. The average Bonchev–Trinajstić information content (AvgIpc) is 3.25. The van der Waals surface area contributed by atoms with E-state index in [0.29, 0.717) is 25.1 Å². The number of carbonyl (C=O) groups is 2. The molecule has 1 fully saturated rings. The molecule has 3 N–H and O–H groups in total. The number of pyridine rings is 2. The Labute approximate surface area is 244 Å². The highest BCUT2D eigenvalue weighted by Crippen LogP contribution is 2.29. The minimum atomic E-state index is -2.90. The van der Waals surface area contributed by atoms with Crippen LogP contribution < -0.4 is 21.5 Å². The second kappa shape index (κ2) is 12.3. The van der Waals surface area contributed by atoms with E-state index in [4.69, 9.17) is 22.1 Å². The van der Waals surface area contributed by atoms with Gasteiger partial charge in [0.2, 0.25) is 5.88 Å². The van der Waals surface area contributed by atoms with Crippen molar-refractivity contribution in [3.05, 3.63) is 81.6 Å². The van der Waals surface area contributed by atoms with Gasteiger partial charge < -0.3 is 15.8 Å². The summed E-state index contributed by atoms with van der Waals surface area (Å²) in [5, 5.41) is 2.95. The Hall–Kier alpha value is -4.32. The van der Waals surface area contributed by atoms with Crippen LogP contribution in [0.5, 0.6) is 5.88 Å². The van der Waals surface area contributed by atoms with Crippen molar-refractivity contribution in [1.29, 1.82) is 0 Å². The van der Waals surface area contributed by atoms with Gasteiger partial charge in [0.1, 0.15) is 5.69 Å². The largest absolute Gasteiger partial charge is 0.465 e. The van der Waals surface area contributed by atoms with Crippen LogP contribution in [0.1, 0.15) is 55.1 Å². The fraction of sp³-hybridized carbons (Fsp3) is 0.345. The second-order valence-electron chi connectivity index (χ2n) is 10.3. The SMILES string of the molecule is CC(Oc1ccc(-n2c(=O)n(CC3CCC(NC(=O)c4cc(Cl)cnc4C(F)F)CC3)c3ccccc32)cn1)C(N)=O. The molecule has 1 unspecified atom stereocenters. The number of halogens is 3. The van der Waals surface area contributed by atoms with Gasteiger partial charge >= 0.3 is 5.69 Å². The predicted octanol–water partition coefficient (Wildman–Crippen LogP) is 4.41. The number of hydrogen-bond acceptors (Lipinski definition) is 6. The number of primary amides is 1. The third-order valence-corrected chi connectivity index (χ3v) is 7.68. The van der Waals surface area contributed by atoms with Crippen LogP contribution in [0.3, 0.4) is 0 Å². The van der Waals surface area contributed by atoms with Crippen LogP contribution in [0, 0.1) is 5.92 Å². The highest BCUT2D eigenvalue weighted by Gasteiger charge is 2.27. The number of nitrogens with two attached hydrogens (primary N) is 1. The number of nitrogens with zero attached hydrogens (tertiary/aromatic N) is 4. The maximum absolute atomic E-state index is 13.7. The molecule has 3 aromatic heterocycles. The van der Waals surface area contributed by atoms with E-state index >= 15 is 0 Å². The molecular formula is C29H29ClF2N6O4. The Bertz CT molecular complexity index is 1670. The van der Waals surface area contributed by atoms with Crippen molar-refractivity contribution in [2.75, 3.05) is 0 Å². The number of fused-ring (bicyclic) bond motifs is 1. The molecule has 42 heavy (non-hydrogen) atoms. The van der Waals surface area contributed by atoms with Gasteiger partial charge in [-0.1, -0.05) is 23.7 Å². The number of para-hydroxylation sites is 2. The molecule has 2 amide bonds. The minimum Gasteiger partial charge on any atom is -0.465 e. The van der Waals surface area contributed by atoms with Crippen molar-refractivity contribution >= 4 is 34.4 Å². The zero-order chi connectivity index (χ0) is 30.0. The summed E-state index contributed by atoms with van der Waals surface area (Å²) < 4.78 is 35.5. The molecule has 1 saturated carbocycles. The number of carbonyl (C=O) groups excluding carboxylic acids is 2. The Morgan fingerprint density at radius 3 is 2.45 bits per heavy atom. The third kappa shape index (κ3) is 6.13. The molecule has 1 atom stereocenters. The maximum Gasteiger partial charge on any atom is 0.333 e. The normalized spacial score (nSPS) is 17.7. The molecule has 1 aromatic carbocycles. The topological polar surface area (TPSA) is 134 Å². The van der Waals surface area contributed by atoms with Crippen LogP contribution in [0.2, 0.25) is 5.02 Å². The lowest BCUT2D eigenvalue weighted by atomic mass is 9.85. The van der Waals surface area contributed by atoms with Crippen LogP contribution >= 0.6 is 11.6 Å². The highest BCUT2D eigenvalue weighted by molar-refractivity contribution is 6.30. The Morgan fingerprint density at radius 2 is 1.81 bits per heavy atom. The molecule has 10 nitrogen and oxygen atoms in total. The lowest BCUT2D eigenvalue weighted by Crippen LogP contribution is -2.39. The number of nitrogens with one attached hydrogen (secondary N) is 1. The monoisotopic (exact) mass is 598 g/mol. The number of amides is 2.